The fraction of sp³-hybridized carbons (Fsp3) is 0.143. The fourth-order valence-electron chi connectivity index (χ4n) is 1.95. The Hall–Kier alpha value is -2.61. The molecule has 0 aliphatic heterocycles. The second-order valence-electron chi connectivity index (χ2n) is 4.79. The van der Waals surface area contributed by atoms with Crippen molar-refractivity contribution in [2.45, 2.75) is 11.8 Å². The Balaban J connectivity index is 2.53. The van der Waals surface area contributed by atoms with Gasteiger partial charge in [-0.1, -0.05) is 17.7 Å². The van der Waals surface area contributed by atoms with Gasteiger partial charge in [-0.25, -0.2) is 8.42 Å². The van der Waals surface area contributed by atoms with Crippen molar-refractivity contribution in [3.63, 3.8) is 0 Å². The molecule has 116 valence electrons. The largest absolute Gasteiger partial charge is 0.399 e. The molecule has 8 heteroatoms. The predicted octanol–water partition coefficient (Wildman–Crippen LogP) is 2.31. The first kappa shape index (κ1) is 15.8. The van der Waals surface area contributed by atoms with Gasteiger partial charge in [0.1, 0.15) is 5.69 Å². The first-order chi connectivity index (χ1) is 10.2. The van der Waals surface area contributed by atoms with Crippen molar-refractivity contribution in [1.29, 1.82) is 0 Å². The molecule has 0 saturated carbocycles. The standard InChI is InChI=1S/C14H15N3O4S/c1-10-3-6-12(7-4-10)22(20,21)16(2)13-8-5-11(15)9-14(13)17(18)19/h3-9H,15H2,1-2H3. The van der Waals surface area contributed by atoms with E-state index in [2.05, 4.69) is 0 Å². The van der Waals surface area contributed by atoms with Crippen LogP contribution in [0.25, 0.3) is 0 Å². The molecule has 2 aromatic rings. The molecule has 0 amide bonds. The number of hydrogen-bond donors (Lipinski definition) is 1. The third-order valence-corrected chi connectivity index (χ3v) is 5.00. The van der Waals surface area contributed by atoms with Crippen LogP contribution >= 0.6 is 0 Å². The monoisotopic (exact) mass is 321 g/mol. The van der Waals surface area contributed by atoms with Crippen molar-refractivity contribution in [2.24, 2.45) is 0 Å². The number of rotatable bonds is 4. The Bertz CT molecular complexity index is 816. The molecule has 0 saturated heterocycles. The van der Waals surface area contributed by atoms with Gasteiger partial charge in [-0.3, -0.25) is 14.4 Å². The second-order valence-corrected chi connectivity index (χ2v) is 6.76. The molecule has 0 fully saturated rings. The fourth-order valence-corrected chi connectivity index (χ4v) is 3.16. The van der Waals surface area contributed by atoms with Gasteiger partial charge < -0.3 is 5.73 Å². The van der Waals surface area contributed by atoms with Gasteiger partial charge in [-0.15, -0.1) is 0 Å². The summed E-state index contributed by atoms with van der Waals surface area (Å²) in [5.74, 6) is 0. The Morgan fingerprint density at radius 3 is 2.27 bits per heavy atom. The lowest BCUT2D eigenvalue weighted by atomic mass is 10.2. The highest BCUT2D eigenvalue weighted by Crippen LogP contribution is 2.32. The molecule has 0 bridgehead atoms. The van der Waals surface area contributed by atoms with Crippen molar-refractivity contribution >= 4 is 27.1 Å². The molecular weight excluding hydrogens is 306 g/mol. The summed E-state index contributed by atoms with van der Waals surface area (Å²) in [5.41, 5.74) is 6.23. The van der Waals surface area contributed by atoms with E-state index in [-0.39, 0.29) is 22.0 Å². The van der Waals surface area contributed by atoms with Gasteiger partial charge in [0.05, 0.1) is 9.82 Å². The molecule has 2 N–H and O–H groups in total. The molecule has 0 unspecified atom stereocenters. The molecular formula is C14H15N3O4S. The van der Waals surface area contributed by atoms with Gasteiger partial charge in [0.15, 0.2) is 0 Å². The minimum atomic E-state index is -3.89. The number of sulfonamides is 1. The van der Waals surface area contributed by atoms with E-state index in [1.54, 1.807) is 12.1 Å². The molecule has 0 aliphatic carbocycles. The summed E-state index contributed by atoms with van der Waals surface area (Å²) in [6.07, 6.45) is 0. The third kappa shape index (κ3) is 2.86. The molecule has 7 nitrogen and oxygen atoms in total. The normalized spacial score (nSPS) is 11.2. The predicted molar refractivity (Wildman–Crippen MR) is 84.3 cm³/mol. The molecule has 0 atom stereocenters. The average molecular weight is 321 g/mol. The first-order valence-corrected chi connectivity index (χ1v) is 7.77. The Labute approximate surface area is 128 Å². The smallest absolute Gasteiger partial charge is 0.295 e. The van der Waals surface area contributed by atoms with Crippen molar-refractivity contribution in [1.82, 2.24) is 0 Å². The summed E-state index contributed by atoms with van der Waals surface area (Å²) in [5, 5.41) is 11.1. The number of nitrogen functional groups attached to an aromatic ring is 1. The second kappa shape index (κ2) is 5.64. The lowest BCUT2D eigenvalue weighted by Gasteiger charge is -2.19. The molecule has 2 aromatic carbocycles. The van der Waals surface area contributed by atoms with E-state index in [1.165, 1.54) is 31.3 Å². The van der Waals surface area contributed by atoms with E-state index in [0.717, 1.165) is 15.9 Å². The van der Waals surface area contributed by atoms with Gasteiger partial charge in [0.2, 0.25) is 0 Å². The van der Waals surface area contributed by atoms with Crippen molar-refractivity contribution in [3.8, 4) is 0 Å². The number of nitrogens with two attached hydrogens (primary N) is 1. The maximum Gasteiger partial charge on any atom is 0.295 e. The van der Waals surface area contributed by atoms with Gasteiger partial charge in [0, 0.05) is 18.8 Å². The Morgan fingerprint density at radius 2 is 1.73 bits per heavy atom. The SMILES string of the molecule is Cc1ccc(S(=O)(=O)N(C)c2ccc(N)cc2[N+](=O)[O-])cc1. The number of aryl methyl sites for hydroxylation is 1. The summed E-state index contributed by atoms with van der Waals surface area (Å²) >= 11 is 0. The van der Waals surface area contributed by atoms with Crippen molar-refractivity contribution < 1.29 is 13.3 Å². The van der Waals surface area contributed by atoms with Gasteiger partial charge >= 0.3 is 0 Å². The van der Waals surface area contributed by atoms with E-state index in [1.807, 2.05) is 6.92 Å². The summed E-state index contributed by atoms with van der Waals surface area (Å²) in [7, 11) is -2.62. The summed E-state index contributed by atoms with van der Waals surface area (Å²) in [4.78, 5) is 10.5. The van der Waals surface area contributed by atoms with E-state index in [9.17, 15) is 18.5 Å². The molecule has 0 aliphatic rings. The molecule has 0 spiro atoms. The van der Waals surface area contributed by atoms with Crippen LogP contribution in [0.5, 0.6) is 0 Å². The zero-order valence-electron chi connectivity index (χ0n) is 12.1. The van der Waals surface area contributed by atoms with Crippen molar-refractivity contribution in [3.05, 3.63) is 58.1 Å². The van der Waals surface area contributed by atoms with Gasteiger partial charge in [-0.2, -0.15) is 0 Å². The van der Waals surface area contributed by atoms with E-state index in [4.69, 9.17) is 5.73 Å². The highest BCUT2D eigenvalue weighted by molar-refractivity contribution is 7.92. The van der Waals surface area contributed by atoms with E-state index >= 15 is 0 Å². The number of hydrogen-bond acceptors (Lipinski definition) is 5. The Kier molecular flexibility index (Phi) is 4.05. The lowest BCUT2D eigenvalue weighted by Crippen LogP contribution is -2.27. The molecule has 0 aromatic heterocycles. The number of benzene rings is 2. The van der Waals surface area contributed by atoms with Crippen LogP contribution in [0.2, 0.25) is 0 Å². The number of anilines is 2. The van der Waals surface area contributed by atoms with Crippen LogP contribution in [0.3, 0.4) is 0 Å². The van der Waals surface area contributed by atoms with Crippen LogP contribution in [-0.2, 0) is 10.0 Å². The topological polar surface area (TPSA) is 107 Å². The van der Waals surface area contributed by atoms with Crippen LogP contribution in [-0.4, -0.2) is 20.4 Å². The van der Waals surface area contributed by atoms with Crippen LogP contribution < -0.4 is 10.0 Å². The quantitative estimate of drug-likeness (QED) is 0.528. The molecule has 22 heavy (non-hydrogen) atoms. The summed E-state index contributed by atoms with van der Waals surface area (Å²) in [6.45, 7) is 1.84. The number of nitrogens with zero attached hydrogens (tertiary/aromatic N) is 2. The van der Waals surface area contributed by atoms with Crippen LogP contribution in [0.4, 0.5) is 17.1 Å². The highest BCUT2D eigenvalue weighted by atomic mass is 32.2. The highest BCUT2D eigenvalue weighted by Gasteiger charge is 2.27. The first-order valence-electron chi connectivity index (χ1n) is 6.33. The number of nitro benzene ring substituents is 1. The molecule has 2 rings (SSSR count). The summed E-state index contributed by atoms with van der Waals surface area (Å²) in [6, 6.07) is 10.1. The minimum Gasteiger partial charge on any atom is -0.399 e. The average Bonchev–Trinajstić information content (AvgIpc) is 2.46. The van der Waals surface area contributed by atoms with Crippen LogP contribution in [0.15, 0.2) is 47.4 Å². The zero-order valence-corrected chi connectivity index (χ0v) is 12.9. The van der Waals surface area contributed by atoms with Gasteiger partial charge in [-0.05, 0) is 31.2 Å². The van der Waals surface area contributed by atoms with Crippen molar-refractivity contribution in [2.75, 3.05) is 17.1 Å². The summed E-state index contributed by atoms with van der Waals surface area (Å²) < 4.78 is 26.0. The van der Waals surface area contributed by atoms with Crippen LogP contribution in [0.1, 0.15) is 5.56 Å². The minimum absolute atomic E-state index is 0.0419. The maximum atomic E-state index is 12.6. The maximum absolute atomic E-state index is 12.6. The molecule has 0 heterocycles. The lowest BCUT2D eigenvalue weighted by molar-refractivity contribution is -0.384. The molecule has 0 radical (unpaired) electrons. The van der Waals surface area contributed by atoms with Crippen LogP contribution in [0, 0.1) is 17.0 Å². The van der Waals surface area contributed by atoms with E-state index < -0.39 is 14.9 Å². The van der Waals surface area contributed by atoms with Gasteiger partial charge in [0.25, 0.3) is 15.7 Å². The Morgan fingerprint density at radius 1 is 1.14 bits per heavy atom. The third-order valence-electron chi connectivity index (χ3n) is 3.21. The zero-order chi connectivity index (χ0) is 16.5. The van der Waals surface area contributed by atoms with E-state index in [0.29, 0.717) is 0 Å². The number of nitro groups is 1.